The van der Waals surface area contributed by atoms with Crippen LogP contribution in [0.5, 0.6) is 0 Å². The lowest BCUT2D eigenvalue weighted by Crippen LogP contribution is -2.28. The Bertz CT molecular complexity index is 786. The van der Waals surface area contributed by atoms with Crippen molar-refractivity contribution < 1.29 is 9.90 Å². The molecule has 3 rings (SSSR count). The molecule has 1 amide bonds. The Morgan fingerprint density at radius 1 is 1.32 bits per heavy atom. The van der Waals surface area contributed by atoms with E-state index in [2.05, 4.69) is 10.3 Å². The molecule has 0 saturated carbocycles. The van der Waals surface area contributed by atoms with Gasteiger partial charge in [0, 0.05) is 27.3 Å². The number of hydrogen-bond donors (Lipinski definition) is 2. The molecule has 0 aliphatic rings. The Morgan fingerprint density at radius 3 is 2.91 bits per heavy atom. The van der Waals surface area contributed by atoms with Gasteiger partial charge in [-0.1, -0.05) is 29.8 Å². The van der Waals surface area contributed by atoms with Crippen molar-refractivity contribution in [3.05, 3.63) is 64.3 Å². The number of halogens is 1. The number of pyridine rings is 1. The molecule has 0 aliphatic carbocycles. The standard InChI is InChI=1S/C16H13ClN2O2S/c17-11-5-6-18-12(8-11)16(21)19-9-13(20)15-7-10-3-1-2-4-14(10)22-15/h1-8,13,20H,9H2,(H,19,21). The van der Waals surface area contributed by atoms with Gasteiger partial charge in [-0.15, -0.1) is 11.3 Å². The van der Waals surface area contributed by atoms with Crippen LogP contribution >= 0.6 is 22.9 Å². The molecule has 2 aromatic heterocycles. The highest BCUT2D eigenvalue weighted by Crippen LogP contribution is 2.29. The second-order valence-electron chi connectivity index (χ2n) is 4.77. The summed E-state index contributed by atoms with van der Waals surface area (Å²) in [6, 6.07) is 12.9. The van der Waals surface area contributed by atoms with Crippen molar-refractivity contribution in [3.63, 3.8) is 0 Å². The van der Waals surface area contributed by atoms with Crippen LogP contribution in [0.15, 0.2) is 48.7 Å². The molecule has 3 aromatic rings. The third-order valence-electron chi connectivity index (χ3n) is 3.18. The molecule has 1 atom stereocenters. The number of benzene rings is 1. The van der Waals surface area contributed by atoms with E-state index in [1.165, 1.54) is 23.6 Å². The van der Waals surface area contributed by atoms with Crippen molar-refractivity contribution in [1.29, 1.82) is 0 Å². The van der Waals surface area contributed by atoms with Crippen molar-refractivity contribution in [2.45, 2.75) is 6.10 Å². The minimum Gasteiger partial charge on any atom is -0.386 e. The van der Waals surface area contributed by atoms with Gasteiger partial charge in [0.2, 0.25) is 0 Å². The summed E-state index contributed by atoms with van der Waals surface area (Å²) in [5.41, 5.74) is 0.232. The van der Waals surface area contributed by atoms with E-state index < -0.39 is 6.10 Å². The molecule has 0 saturated heterocycles. The number of thiophene rings is 1. The van der Waals surface area contributed by atoms with Crippen molar-refractivity contribution >= 4 is 38.9 Å². The van der Waals surface area contributed by atoms with Crippen LogP contribution in [0.3, 0.4) is 0 Å². The Labute approximate surface area is 136 Å². The van der Waals surface area contributed by atoms with Gasteiger partial charge in [0.05, 0.1) is 0 Å². The third kappa shape index (κ3) is 3.27. The summed E-state index contributed by atoms with van der Waals surface area (Å²) in [6.45, 7) is 0.125. The van der Waals surface area contributed by atoms with E-state index in [-0.39, 0.29) is 18.1 Å². The summed E-state index contributed by atoms with van der Waals surface area (Å²) in [6.07, 6.45) is 0.722. The molecule has 112 valence electrons. The Morgan fingerprint density at radius 2 is 2.14 bits per heavy atom. The van der Waals surface area contributed by atoms with E-state index in [1.807, 2.05) is 30.3 Å². The van der Waals surface area contributed by atoms with Crippen LogP contribution in [0.1, 0.15) is 21.5 Å². The van der Waals surface area contributed by atoms with Crippen LogP contribution in [0.25, 0.3) is 10.1 Å². The summed E-state index contributed by atoms with van der Waals surface area (Å²) in [5.74, 6) is -0.359. The van der Waals surface area contributed by atoms with E-state index in [4.69, 9.17) is 11.6 Å². The van der Waals surface area contributed by atoms with Crippen molar-refractivity contribution in [1.82, 2.24) is 10.3 Å². The molecule has 22 heavy (non-hydrogen) atoms. The average molecular weight is 333 g/mol. The van der Waals surface area contributed by atoms with Gasteiger partial charge in [-0.25, -0.2) is 0 Å². The molecular weight excluding hydrogens is 320 g/mol. The quantitative estimate of drug-likeness (QED) is 0.769. The molecule has 4 nitrogen and oxygen atoms in total. The van der Waals surface area contributed by atoms with Crippen LogP contribution in [-0.2, 0) is 0 Å². The minimum absolute atomic E-state index is 0.125. The lowest BCUT2D eigenvalue weighted by Gasteiger charge is -2.09. The van der Waals surface area contributed by atoms with E-state index in [0.29, 0.717) is 5.02 Å². The fourth-order valence-electron chi connectivity index (χ4n) is 2.08. The molecule has 2 N–H and O–H groups in total. The number of fused-ring (bicyclic) bond motifs is 1. The topological polar surface area (TPSA) is 62.2 Å². The van der Waals surface area contributed by atoms with Gasteiger partial charge < -0.3 is 10.4 Å². The SMILES string of the molecule is O=C(NCC(O)c1cc2ccccc2s1)c1cc(Cl)ccn1. The lowest BCUT2D eigenvalue weighted by molar-refractivity contribution is 0.0913. The van der Waals surface area contributed by atoms with Crippen LogP contribution in [-0.4, -0.2) is 22.5 Å². The summed E-state index contributed by atoms with van der Waals surface area (Å²) in [5, 5.41) is 14.4. The number of carbonyl (C=O) groups excluding carboxylic acids is 1. The van der Waals surface area contributed by atoms with Crippen molar-refractivity contribution in [2.75, 3.05) is 6.54 Å². The maximum atomic E-state index is 12.0. The van der Waals surface area contributed by atoms with Crippen LogP contribution in [0, 0.1) is 0 Å². The number of aromatic nitrogens is 1. The first-order chi connectivity index (χ1) is 10.6. The molecule has 0 bridgehead atoms. The number of hydrogen-bond acceptors (Lipinski definition) is 4. The van der Waals surface area contributed by atoms with Crippen molar-refractivity contribution in [2.24, 2.45) is 0 Å². The molecular formula is C16H13ClN2O2S. The number of aliphatic hydroxyl groups excluding tert-OH is 1. The Hall–Kier alpha value is -1.95. The summed E-state index contributed by atoms with van der Waals surface area (Å²) in [4.78, 5) is 16.7. The number of amides is 1. The number of nitrogens with one attached hydrogen (secondary N) is 1. The van der Waals surface area contributed by atoms with Gasteiger partial charge in [-0.2, -0.15) is 0 Å². The first-order valence-corrected chi connectivity index (χ1v) is 7.89. The smallest absolute Gasteiger partial charge is 0.270 e. The maximum Gasteiger partial charge on any atom is 0.270 e. The van der Waals surface area contributed by atoms with E-state index in [1.54, 1.807) is 6.07 Å². The van der Waals surface area contributed by atoms with Gasteiger partial charge in [-0.05, 0) is 29.7 Å². The van der Waals surface area contributed by atoms with Crippen molar-refractivity contribution in [3.8, 4) is 0 Å². The molecule has 0 fully saturated rings. The fraction of sp³-hybridized carbons (Fsp3) is 0.125. The third-order valence-corrected chi connectivity index (χ3v) is 4.64. The van der Waals surface area contributed by atoms with Gasteiger partial charge in [0.1, 0.15) is 11.8 Å². The van der Waals surface area contributed by atoms with E-state index >= 15 is 0 Å². The highest BCUT2D eigenvalue weighted by molar-refractivity contribution is 7.19. The number of aliphatic hydroxyl groups is 1. The summed E-state index contributed by atoms with van der Waals surface area (Å²) < 4.78 is 1.11. The van der Waals surface area contributed by atoms with Gasteiger partial charge in [0.15, 0.2) is 0 Å². The zero-order valence-electron chi connectivity index (χ0n) is 11.5. The molecule has 1 aromatic carbocycles. The fourth-order valence-corrected chi connectivity index (χ4v) is 3.29. The normalized spacial score (nSPS) is 12.3. The largest absolute Gasteiger partial charge is 0.386 e. The van der Waals surface area contributed by atoms with E-state index in [9.17, 15) is 9.90 Å². The van der Waals surface area contributed by atoms with Gasteiger partial charge in [0.25, 0.3) is 5.91 Å². The second kappa shape index (κ2) is 6.44. The Kier molecular flexibility index (Phi) is 4.38. The predicted octanol–water partition coefficient (Wildman–Crippen LogP) is 3.41. The summed E-state index contributed by atoms with van der Waals surface area (Å²) >= 11 is 7.34. The highest BCUT2D eigenvalue weighted by atomic mass is 35.5. The zero-order chi connectivity index (χ0) is 15.5. The monoisotopic (exact) mass is 332 g/mol. The number of nitrogens with zero attached hydrogens (tertiary/aromatic N) is 1. The van der Waals surface area contributed by atoms with Crippen LogP contribution < -0.4 is 5.32 Å². The molecule has 0 radical (unpaired) electrons. The molecule has 0 aliphatic heterocycles. The molecule has 1 unspecified atom stereocenters. The van der Waals surface area contributed by atoms with Gasteiger partial charge >= 0.3 is 0 Å². The van der Waals surface area contributed by atoms with Crippen LogP contribution in [0.4, 0.5) is 0 Å². The molecule has 2 heterocycles. The zero-order valence-corrected chi connectivity index (χ0v) is 13.1. The first-order valence-electron chi connectivity index (χ1n) is 6.70. The second-order valence-corrected chi connectivity index (χ2v) is 6.32. The minimum atomic E-state index is -0.750. The average Bonchev–Trinajstić information content (AvgIpc) is 2.96. The first kappa shape index (κ1) is 15.0. The molecule has 6 heteroatoms. The van der Waals surface area contributed by atoms with Gasteiger partial charge in [-0.3, -0.25) is 9.78 Å². The predicted molar refractivity (Wildman–Crippen MR) is 88.4 cm³/mol. The van der Waals surface area contributed by atoms with Crippen LogP contribution in [0.2, 0.25) is 5.02 Å². The van der Waals surface area contributed by atoms with E-state index in [0.717, 1.165) is 15.0 Å². The lowest BCUT2D eigenvalue weighted by atomic mass is 10.2. The number of rotatable bonds is 4. The Balaban J connectivity index is 1.66. The number of carbonyl (C=O) groups is 1. The highest BCUT2D eigenvalue weighted by Gasteiger charge is 2.14. The molecule has 0 spiro atoms. The summed E-state index contributed by atoms with van der Waals surface area (Å²) in [7, 11) is 0. The maximum absolute atomic E-state index is 12.0.